The average Bonchev–Trinajstić information content (AvgIpc) is 2.49. The Labute approximate surface area is 150 Å². The molecule has 0 atom stereocenters. The second-order valence-electron chi connectivity index (χ2n) is 5.34. The third-order valence-corrected chi connectivity index (χ3v) is 3.91. The SMILES string of the molecule is NCC1CCC(C(=O)Oc2ccc(O)cc2C(=O)[O-])CC1.[Na+]. The minimum atomic E-state index is -1.50. The zero-order valence-corrected chi connectivity index (χ0v) is 14.6. The number of aromatic carboxylic acids is 1. The molecule has 0 amide bonds. The number of phenolic OH excluding ortho intramolecular Hbond substituents is 1. The van der Waals surface area contributed by atoms with E-state index in [-0.39, 0.29) is 52.5 Å². The fourth-order valence-electron chi connectivity index (χ4n) is 2.59. The van der Waals surface area contributed by atoms with E-state index in [0.29, 0.717) is 25.3 Å². The van der Waals surface area contributed by atoms with Crippen molar-refractivity contribution in [3.63, 3.8) is 0 Å². The normalized spacial score (nSPS) is 20.8. The van der Waals surface area contributed by atoms with Gasteiger partial charge in [0.15, 0.2) is 0 Å². The predicted molar refractivity (Wildman–Crippen MR) is 72.6 cm³/mol. The molecule has 1 aromatic rings. The van der Waals surface area contributed by atoms with Gasteiger partial charge in [0.05, 0.1) is 11.9 Å². The van der Waals surface area contributed by atoms with Crippen LogP contribution in [0.15, 0.2) is 18.2 Å². The van der Waals surface area contributed by atoms with E-state index in [1.54, 1.807) is 0 Å². The smallest absolute Gasteiger partial charge is 0.545 e. The quantitative estimate of drug-likeness (QED) is 0.359. The van der Waals surface area contributed by atoms with Crippen molar-refractivity contribution in [1.82, 2.24) is 0 Å². The number of ether oxygens (including phenoxy) is 1. The molecule has 1 aliphatic carbocycles. The van der Waals surface area contributed by atoms with Crippen LogP contribution in [0, 0.1) is 11.8 Å². The third kappa shape index (κ3) is 4.71. The van der Waals surface area contributed by atoms with Crippen molar-refractivity contribution < 1.29 is 54.1 Å². The molecule has 22 heavy (non-hydrogen) atoms. The Morgan fingerprint density at radius 1 is 1.27 bits per heavy atom. The first-order valence-corrected chi connectivity index (χ1v) is 6.97. The predicted octanol–water partition coefficient (Wildman–Crippen LogP) is -2.57. The van der Waals surface area contributed by atoms with E-state index in [9.17, 15) is 19.8 Å². The first kappa shape index (κ1) is 19.0. The molecule has 1 aromatic carbocycles. The fourth-order valence-corrected chi connectivity index (χ4v) is 2.59. The minimum Gasteiger partial charge on any atom is -0.545 e. The largest absolute Gasteiger partial charge is 1.00 e. The van der Waals surface area contributed by atoms with E-state index < -0.39 is 11.9 Å². The van der Waals surface area contributed by atoms with Gasteiger partial charge >= 0.3 is 35.5 Å². The molecule has 3 N–H and O–H groups in total. The van der Waals surface area contributed by atoms with E-state index in [4.69, 9.17) is 10.5 Å². The molecular formula is C15H18NNaO5. The van der Waals surface area contributed by atoms with Crippen molar-refractivity contribution in [3.8, 4) is 11.5 Å². The molecule has 1 fully saturated rings. The van der Waals surface area contributed by atoms with Crippen LogP contribution in [0.3, 0.4) is 0 Å². The van der Waals surface area contributed by atoms with Gasteiger partial charge in [-0.05, 0) is 56.3 Å². The van der Waals surface area contributed by atoms with Crippen molar-refractivity contribution in [2.24, 2.45) is 17.6 Å². The minimum absolute atomic E-state index is 0. The number of carbonyl (C=O) groups excluding carboxylic acids is 2. The van der Waals surface area contributed by atoms with E-state index in [1.807, 2.05) is 0 Å². The summed E-state index contributed by atoms with van der Waals surface area (Å²) in [7, 11) is 0. The molecule has 7 heteroatoms. The van der Waals surface area contributed by atoms with Crippen LogP contribution >= 0.6 is 0 Å². The summed E-state index contributed by atoms with van der Waals surface area (Å²) in [5.74, 6) is -2.06. The molecule has 0 spiro atoms. The van der Waals surface area contributed by atoms with Gasteiger partial charge in [-0.2, -0.15) is 0 Å². The Hall–Kier alpha value is -1.08. The summed E-state index contributed by atoms with van der Waals surface area (Å²) in [6.07, 6.45) is 3.14. The van der Waals surface area contributed by atoms with Gasteiger partial charge < -0.3 is 25.5 Å². The second kappa shape index (κ2) is 8.53. The molecule has 2 rings (SSSR count). The number of rotatable bonds is 4. The zero-order valence-electron chi connectivity index (χ0n) is 12.6. The van der Waals surface area contributed by atoms with Crippen LogP contribution in [0.5, 0.6) is 11.5 Å². The number of hydrogen-bond donors (Lipinski definition) is 2. The molecule has 1 aliphatic rings. The summed E-state index contributed by atoms with van der Waals surface area (Å²) < 4.78 is 5.17. The van der Waals surface area contributed by atoms with Gasteiger partial charge in [0, 0.05) is 5.56 Å². The van der Waals surface area contributed by atoms with Crippen LogP contribution < -0.4 is 45.1 Å². The summed E-state index contributed by atoms with van der Waals surface area (Å²) in [6, 6.07) is 3.52. The summed E-state index contributed by atoms with van der Waals surface area (Å²) in [5.41, 5.74) is 5.27. The molecule has 114 valence electrons. The molecular weight excluding hydrogens is 297 g/mol. The zero-order chi connectivity index (χ0) is 15.4. The van der Waals surface area contributed by atoms with E-state index in [1.165, 1.54) is 12.1 Å². The monoisotopic (exact) mass is 315 g/mol. The molecule has 0 saturated heterocycles. The Morgan fingerprint density at radius 2 is 1.91 bits per heavy atom. The van der Waals surface area contributed by atoms with E-state index in [2.05, 4.69) is 0 Å². The Balaban J connectivity index is 0.00000242. The molecule has 0 heterocycles. The first-order chi connectivity index (χ1) is 10.0. The van der Waals surface area contributed by atoms with Gasteiger partial charge in [-0.3, -0.25) is 4.79 Å². The van der Waals surface area contributed by atoms with E-state index >= 15 is 0 Å². The third-order valence-electron chi connectivity index (χ3n) is 3.91. The van der Waals surface area contributed by atoms with Crippen molar-refractivity contribution in [3.05, 3.63) is 23.8 Å². The van der Waals surface area contributed by atoms with Crippen molar-refractivity contribution in [1.29, 1.82) is 0 Å². The van der Waals surface area contributed by atoms with Crippen molar-refractivity contribution in [2.75, 3.05) is 6.54 Å². The topological polar surface area (TPSA) is 113 Å². The average molecular weight is 315 g/mol. The number of aromatic hydroxyl groups is 1. The number of hydrogen-bond acceptors (Lipinski definition) is 6. The Kier molecular flexibility index (Phi) is 7.35. The second-order valence-corrected chi connectivity index (χ2v) is 5.34. The maximum atomic E-state index is 12.1. The summed E-state index contributed by atoms with van der Waals surface area (Å²) in [6.45, 7) is 0.620. The number of carbonyl (C=O) groups is 2. The molecule has 0 aromatic heterocycles. The number of benzene rings is 1. The molecule has 1 saturated carbocycles. The van der Waals surface area contributed by atoms with Crippen LogP contribution in [0.1, 0.15) is 36.0 Å². The number of esters is 1. The summed E-state index contributed by atoms with van der Waals surface area (Å²) >= 11 is 0. The van der Waals surface area contributed by atoms with Crippen molar-refractivity contribution >= 4 is 11.9 Å². The maximum absolute atomic E-state index is 12.1. The molecule has 0 unspecified atom stereocenters. The molecule has 0 radical (unpaired) electrons. The van der Waals surface area contributed by atoms with Gasteiger partial charge in [-0.15, -0.1) is 0 Å². The van der Waals surface area contributed by atoms with Crippen LogP contribution in [0.4, 0.5) is 0 Å². The van der Waals surface area contributed by atoms with Crippen LogP contribution in [-0.2, 0) is 4.79 Å². The van der Waals surface area contributed by atoms with Gasteiger partial charge in [-0.1, -0.05) is 0 Å². The maximum Gasteiger partial charge on any atom is 1.00 e. The van der Waals surface area contributed by atoms with Crippen LogP contribution in [0.2, 0.25) is 0 Å². The van der Waals surface area contributed by atoms with Crippen LogP contribution in [0.25, 0.3) is 0 Å². The van der Waals surface area contributed by atoms with Gasteiger partial charge in [0.1, 0.15) is 11.5 Å². The molecule has 6 nitrogen and oxygen atoms in total. The van der Waals surface area contributed by atoms with Gasteiger partial charge in [-0.25, -0.2) is 0 Å². The molecule has 0 bridgehead atoms. The summed E-state index contributed by atoms with van der Waals surface area (Å²) in [5, 5.41) is 20.3. The number of nitrogens with two attached hydrogens (primary N) is 1. The fraction of sp³-hybridized carbons (Fsp3) is 0.467. The Morgan fingerprint density at radius 3 is 2.45 bits per heavy atom. The number of phenols is 1. The number of carboxylic acid groups (broad SMARTS) is 1. The van der Waals surface area contributed by atoms with Crippen LogP contribution in [-0.4, -0.2) is 23.6 Å². The standard InChI is InChI=1S/C15H19NO5.Na/c16-8-9-1-3-10(4-2-9)15(20)21-13-6-5-11(17)7-12(13)14(18)19;/h5-7,9-10,17H,1-4,8,16H2,(H,18,19);/q;+1/p-1. The first-order valence-electron chi connectivity index (χ1n) is 6.97. The Bertz CT molecular complexity index is 541. The number of carboxylic acids is 1. The van der Waals surface area contributed by atoms with Gasteiger partial charge in [0.2, 0.25) is 0 Å². The van der Waals surface area contributed by atoms with Gasteiger partial charge in [0.25, 0.3) is 0 Å². The summed E-state index contributed by atoms with van der Waals surface area (Å²) in [4.78, 5) is 23.1. The molecule has 0 aliphatic heterocycles. The van der Waals surface area contributed by atoms with Crippen molar-refractivity contribution in [2.45, 2.75) is 25.7 Å². The van der Waals surface area contributed by atoms with E-state index in [0.717, 1.165) is 18.9 Å².